The molecule has 32 heavy (non-hydrogen) atoms. The Hall–Kier alpha value is -4.06. The summed E-state index contributed by atoms with van der Waals surface area (Å²) in [6.07, 6.45) is 0. The SMILES string of the molecule is CCOc1cc(C2/C(=C(\O)c3ccccc3)C(=O)C(=O)N2Cc2ccccc2)ccc1O. The number of phenolic OH excluding ortho intramolecular Hbond substituents is 1. The molecule has 0 saturated carbocycles. The van der Waals surface area contributed by atoms with Crippen LogP contribution in [0.4, 0.5) is 0 Å². The van der Waals surface area contributed by atoms with Crippen molar-refractivity contribution < 1.29 is 24.5 Å². The van der Waals surface area contributed by atoms with E-state index in [2.05, 4.69) is 0 Å². The second-order valence-corrected chi connectivity index (χ2v) is 7.44. The number of ketones is 1. The second kappa shape index (κ2) is 8.98. The van der Waals surface area contributed by atoms with Gasteiger partial charge in [-0.2, -0.15) is 0 Å². The summed E-state index contributed by atoms with van der Waals surface area (Å²) in [4.78, 5) is 27.6. The molecule has 0 aromatic heterocycles. The van der Waals surface area contributed by atoms with Crippen molar-refractivity contribution in [3.8, 4) is 11.5 Å². The molecule has 0 bridgehead atoms. The number of aliphatic hydroxyl groups is 1. The van der Waals surface area contributed by atoms with Crippen LogP contribution in [-0.2, 0) is 16.1 Å². The lowest BCUT2D eigenvalue weighted by molar-refractivity contribution is -0.140. The van der Waals surface area contributed by atoms with E-state index in [4.69, 9.17) is 4.74 Å². The number of hydrogen-bond acceptors (Lipinski definition) is 5. The smallest absolute Gasteiger partial charge is 0.295 e. The molecule has 0 spiro atoms. The highest BCUT2D eigenvalue weighted by molar-refractivity contribution is 6.46. The Morgan fingerprint density at radius 2 is 1.62 bits per heavy atom. The summed E-state index contributed by atoms with van der Waals surface area (Å²) < 4.78 is 5.51. The Balaban J connectivity index is 1.88. The molecular formula is C26H23NO5. The fourth-order valence-electron chi connectivity index (χ4n) is 3.89. The van der Waals surface area contributed by atoms with E-state index in [-0.39, 0.29) is 29.4 Å². The van der Waals surface area contributed by atoms with Gasteiger partial charge in [0, 0.05) is 12.1 Å². The molecule has 6 heteroatoms. The molecule has 0 aliphatic carbocycles. The Morgan fingerprint density at radius 1 is 0.969 bits per heavy atom. The average molecular weight is 429 g/mol. The number of likely N-dealkylation sites (tertiary alicyclic amines) is 1. The number of amides is 1. The normalized spacial score (nSPS) is 17.5. The number of benzene rings is 3. The maximum absolute atomic E-state index is 13.1. The van der Waals surface area contributed by atoms with Gasteiger partial charge in [0.2, 0.25) is 0 Å². The van der Waals surface area contributed by atoms with Gasteiger partial charge in [-0.15, -0.1) is 0 Å². The molecular weight excluding hydrogens is 406 g/mol. The van der Waals surface area contributed by atoms with Crippen molar-refractivity contribution in [2.24, 2.45) is 0 Å². The number of carbonyl (C=O) groups is 2. The van der Waals surface area contributed by atoms with Gasteiger partial charge in [-0.25, -0.2) is 0 Å². The van der Waals surface area contributed by atoms with E-state index in [1.807, 2.05) is 30.3 Å². The monoisotopic (exact) mass is 429 g/mol. The molecule has 3 aromatic rings. The second-order valence-electron chi connectivity index (χ2n) is 7.44. The van der Waals surface area contributed by atoms with Crippen molar-refractivity contribution in [2.45, 2.75) is 19.5 Å². The lowest BCUT2D eigenvalue weighted by Crippen LogP contribution is -2.29. The third kappa shape index (κ3) is 3.95. The Morgan fingerprint density at radius 3 is 2.28 bits per heavy atom. The largest absolute Gasteiger partial charge is 0.507 e. The molecule has 162 valence electrons. The molecule has 1 saturated heterocycles. The average Bonchev–Trinajstić information content (AvgIpc) is 3.06. The Kier molecular flexibility index (Phi) is 5.94. The fraction of sp³-hybridized carbons (Fsp3) is 0.154. The summed E-state index contributed by atoms with van der Waals surface area (Å²) in [7, 11) is 0. The van der Waals surface area contributed by atoms with Gasteiger partial charge in [-0.3, -0.25) is 9.59 Å². The van der Waals surface area contributed by atoms with Gasteiger partial charge >= 0.3 is 0 Å². The van der Waals surface area contributed by atoms with E-state index in [1.54, 1.807) is 49.4 Å². The van der Waals surface area contributed by atoms with Crippen molar-refractivity contribution in [1.29, 1.82) is 0 Å². The minimum atomic E-state index is -0.838. The third-order valence-electron chi connectivity index (χ3n) is 5.38. The number of Topliss-reactive ketones (excluding diaryl/α,β-unsaturated/α-hetero) is 1. The van der Waals surface area contributed by atoms with Crippen molar-refractivity contribution in [3.63, 3.8) is 0 Å². The number of nitrogens with zero attached hydrogens (tertiary/aromatic N) is 1. The molecule has 4 rings (SSSR count). The van der Waals surface area contributed by atoms with Gasteiger partial charge in [0.1, 0.15) is 5.76 Å². The highest BCUT2D eigenvalue weighted by atomic mass is 16.5. The molecule has 1 atom stereocenters. The maximum atomic E-state index is 13.1. The van der Waals surface area contributed by atoms with Crippen LogP contribution >= 0.6 is 0 Å². The topological polar surface area (TPSA) is 87.1 Å². The minimum absolute atomic E-state index is 0.00488. The number of hydrogen-bond donors (Lipinski definition) is 2. The van der Waals surface area contributed by atoms with Crippen LogP contribution in [-0.4, -0.2) is 33.4 Å². The van der Waals surface area contributed by atoms with Crippen molar-refractivity contribution in [1.82, 2.24) is 4.90 Å². The van der Waals surface area contributed by atoms with E-state index >= 15 is 0 Å². The third-order valence-corrected chi connectivity index (χ3v) is 5.38. The van der Waals surface area contributed by atoms with Crippen LogP contribution in [0.25, 0.3) is 5.76 Å². The molecule has 0 radical (unpaired) electrons. The van der Waals surface area contributed by atoms with E-state index in [0.29, 0.717) is 17.7 Å². The van der Waals surface area contributed by atoms with Crippen LogP contribution < -0.4 is 4.74 Å². The zero-order valence-corrected chi connectivity index (χ0v) is 17.6. The molecule has 6 nitrogen and oxygen atoms in total. The van der Waals surface area contributed by atoms with Crippen LogP contribution in [0.1, 0.15) is 29.7 Å². The first-order valence-corrected chi connectivity index (χ1v) is 10.3. The van der Waals surface area contributed by atoms with Gasteiger partial charge in [0.05, 0.1) is 18.2 Å². The van der Waals surface area contributed by atoms with Crippen LogP contribution in [0.2, 0.25) is 0 Å². The molecule has 2 N–H and O–H groups in total. The molecule has 3 aromatic carbocycles. The summed E-state index contributed by atoms with van der Waals surface area (Å²) in [5.41, 5.74) is 1.85. The Bertz CT molecular complexity index is 1170. The summed E-state index contributed by atoms with van der Waals surface area (Å²) in [6.45, 7) is 2.32. The molecule has 1 aliphatic heterocycles. The van der Waals surface area contributed by atoms with E-state index in [9.17, 15) is 19.8 Å². The van der Waals surface area contributed by atoms with Crippen molar-refractivity contribution in [2.75, 3.05) is 6.61 Å². The predicted molar refractivity (Wildman–Crippen MR) is 120 cm³/mol. The van der Waals surface area contributed by atoms with Crippen molar-refractivity contribution >= 4 is 17.4 Å². The van der Waals surface area contributed by atoms with E-state index in [1.165, 1.54) is 11.0 Å². The number of aromatic hydroxyl groups is 1. The number of rotatable bonds is 6. The van der Waals surface area contributed by atoms with Gasteiger partial charge in [-0.1, -0.05) is 66.7 Å². The minimum Gasteiger partial charge on any atom is -0.507 e. The molecule has 1 aliphatic rings. The van der Waals surface area contributed by atoms with Crippen LogP contribution in [0.15, 0.2) is 84.4 Å². The zero-order chi connectivity index (χ0) is 22.7. The highest BCUT2D eigenvalue weighted by Crippen LogP contribution is 2.42. The number of carbonyl (C=O) groups excluding carboxylic acids is 2. The first-order chi connectivity index (χ1) is 15.5. The van der Waals surface area contributed by atoms with Crippen LogP contribution in [0.5, 0.6) is 11.5 Å². The zero-order valence-electron chi connectivity index (χ0n) is 17.6. The van der Waals surface area contributed by atoms with E-state index in [0.717, 1.165) is 5.56 Å². The maximum Gasteiger partial charge on any atom is 0.295 e. The lowest BCUT2D eigenvalue weighted by Gasteiger charge is -2.26. The number of aliphatic hydroxyl groups excluding tert-OH is 1. The van der Waals surface area contributed by atoms with Gasteiger partial charge in [-0.05, 0) is 30.2 Å². The van der Waals surface area contributed by atoms with Crippen molar-refractivity contribution in [3.05, 3.63) is 101 Å². The molecule has 1 heterocycles. The standard InChI is InChI=1S/C26H23NO5/c1-2-32-21-15-19(13-14-20(21)28)23-22(24(29)18-11-7-4-8-12-18)25(30)26(31)27(23)16-17-9-5-3-6-10-17/h3-15,23,28-29H,2,16H2,1H3/b24-22+. The summed E-state index contributed by atoms with van der Waals surface area (Å²) in [5, 5.41) is 21.2. The molecule has 1 fully saturated rings. The van der Waals surface area contributed by atoms with Crippen LogP contribution in [0, 0.1) is 0 Å². The number of phenols is 1. The highest BCUT2D eigenvalue weighted by Gasteiger charge is 2.46. The summed E-state index contributed by atoms with van der Waals surface area (Å²) in [6, 6.07) is 21.9. The molecule has 1 unspecified atom stereocenters. The van der Waals surface area contributed by atoms with E-state index < -0.39 is 17.7 Å². The fourth-order valence-corrected chi connectivity index (χ4v) is 3.89. The molecule has 1 amide bonds. The summed E-state index contributed by atoms with van der Waals surface area (Å²) in [5.74, 6) is -1.48. The predicted octanol–water partition coefficient (Wildman–Crippen LogP) is 4.41. The van der Waals surface area contributed by atoms with Crippen LogP contribution in [0.3, 0.4) is 0 Å². The summed E-state index contributed by atoms with van der Waals surface area (Å²) >= 11 is 0. The quantitative estimate of drug-likeness (QED) is 0.344. The number of ether oxygens (including phenoxy) is 1. The Labute approximate surface area is 186 Å². The van der Waals surface area contributed by atoms with Gasteiger partial charge in [0.25, 0.3) is 11.7 Å². The van der Waals surface area contributed by atoms with Gasteiger partial charge < -0.3 is 19.8 Å². The first kappa shape index (κ1) is 21.2. The lowest BCUT2D eigenvalue weighted by atomic mass is 9.95. The van der Waals surface area contributed by atoms with Gasteiger partial charge in [0.15, 0.2) is 11.5 Å². The first-order valence-electron chi connectivity index (χ1n) is 10.3.